The molecule has 33 heavy (non-hydrogen) atoms. The Hall–Kier alpha value is -3.21. The zero-order valence-electron chi connectivity index (χ0n) is 17.7. The van der Waals surface area contributed by atoms with Gasteiger partial charge in [0.1, 0.15) is 12.4 Å². The van der Waals surface area contributed by atoms with Crippen LogP contribution in [0.25, 0.3) is 0 Å². The molecule has 2 aliphatic rings. The number of nitrogens with zero attached hydrogens (tertiary/aromatic N) is 2. The second-order valence-electron chi connectivity index (χ2n) is 7.95. The van der Waals surface area contributed by atoms with Crippen molar-refractivity contribution in [1.82, 2.24) is 10.3 Å². The predicted octanol–water partition coefficient (Wildman–Crippen LogP) is 4.36. The Bertz CT molecular complexity index is 1070. The number of aromatic nitrogens is 1. The van der Waals surface area contributed by atoms with Gasteiger partial charge in [0, 0.05) is 12.8 Å². The standard InChI is InChI=1S/C22H22F4N4O3/c1-2-33-11-18(13-5-6-15(16(23)7-13)22(24,25)26)29-21(32)30-10-19(31)28-17-8-14(12-3-4-12)9-27-20(17)30/h5-9,12,18H,2-4,10-11H2,1H3,(H,28,31)(H,29,32). The summed E-state index contributed by atoms with van der Waals surface area (Å²) in [7, 11) is 0. The Labute approximate surface area is 187 Å². The van der Waals surface area contributed by atoms with Crippen LogP contribution in [0.1, 0.15) is 48.4 Å². The quantitative estimate of drug-likeness (QED) is 0.620. The van der Waals surface area contributed by atoms with Gasteiger partial charge in [0.15, 0.2) is 5.82 Å². The molecule has 2 aromatic rings. The second-order valence-corrected chi connectivity index (χ2v) is 7.95. The molecule has 1 saturated carbocycles. The predicted molar refractivity (Wildman–Crippen MR) is 111 cm³/mol. The molecule has 0 radical (unpaired) electrons. The lowest BCUT2D eigenvalue weighted by Gasteiger charge is -2.30. The van der Waals surface area contributed by atoms with Crippen molar-refractivity contribution in [1.29, 1.82) is 0 Å². The molecule has 0 spiro atoms. The molecule has 7 nitrogen and oxygen atoms in total. The van der Waals surface area contributed by atoms with Crippen molar-refractivity contribution in [2.45, 2.75) is 37.9 Å². The monoisotopic (exact) mass is 466 g/mol. The maximum absolute atomic E-state index is 14.1. The van der Waals surface area contributed by atoms with Crippen molar-refractivity contribution in [3.63, 3.8) is 0 Å². The first-order valence-electron chi connectivity index (χ1n) is 10.5. The summed E-state index contributed by atoms with van der Waals surface area (Å²) >= 11 is 0. The number of ether oxygens (including phenoxy) is 1. The third kappa shape index (κ3) is 5.08. The molecule has 176 valence electrons. The highest BCUT2D eigenvalue weighted by Gasteiger charge is 2.35. The van der Waals surface area contributed by atoms with Crippen molar-refractivity contribution in [3.8, 4) is 0 Å². The van der Waals surface area contributed by atoms with Crippen LogP contribution in [0, 0.1) is 5.82 Å². The average molecular weight is 466 g/mol. The van der Waals surface area contributed by atoms with Crippen molar-refractivity contribution >= 4 is 23.4 Å². The van der Waals surface area contributed by atoms with E-state index >= 15 is 0 Å². The van der Waals surface area contributed by atoms with Crippen LogP contribution in [0.2, 0.25) is 0 Å². The number of rotatable bonds is 6. The van der Waals surface area contributed by atoms with Crippen molar-refractivity contribution in [2.24, 2.45) is 0 Å². The molecule has 2 heterocycles. The molecule has 1 atom stereocenters. The molecule has 4 rings (SSSR count). The summed E-state index contributed by atoms with van der Waals surface area (Å²) in [5, 5.41) is 5.34. The summed E-state index contributed by atoms with van der Waals surface area (Å²) in [4.78, 5) is 30.8. The Balaban J connectivity index is 1.58. The summed E-state index contributed by atoms with van der Waals surface area (Å²) in [6, 6.07) is 2.58. The fourth-order valence-corrected chi connectivity index (χ4v) is 3.66. The molecule has 11 heteroatoms. The van der Waals surface area contributed by atoms with E-state index in [0.717, 1.165) is 35.4 Å². The van der Waals surface area contributed by atoms with E-state index in [-0.39, 0.29) is 31.1 Å². The molecule has 1 aromatic heterocycles. The summed E-state index contributed by atoms with van der Waals surface area (Å²) in [5.41, 5.74) is 0.0875. The number of fused-ring (bicyclic) bond motifs is 1. The van der Waals surface area contributed by atoms with Crippen LogP contribution >= 0.6 is 0 Å². The zero-order chi connectivity index (χ0) is 23.8. The smallest absolute Gasteiger partial charge is 0.379 e. The fourth-order valence-electron chi connectivity index (χ4n) is 3.66. The number of nitrogens with one attached hydrogen (secondary N) is 2. The third-order valence-corrected chi connectivity index (χ3v) is 5.50. The molecule has 1 aromatic carbocycles. The Morgan fingerprint density at radius 3 is 2.73 bits per heavy atom. The van der Waals surface area contributed by atoms with Crippen molar-refractivity contribution in [3.05, 3.63) is 53.0 Å². The van der Waals surface area contributed by atoms with Gasteiger partial charge in [0.25, 0.3) is 0 Å². The number of hydrogen-bond acceptors (Lipinski definition) is 4. The topological polar surface area (TPSA) is 83.6 Å². The van der Waals surface area contributed by atoms with Gasteiger partial charge < -0.3 is 15.4 Å². The molecule has 1 fully saturated rings. The van der Waals surface area contributed by atoms with Crippen molar-refractivity contribution < 1.29 is 31.9 Å². The second kappa shape index (κ2) is 8.97. The zero-order valence-corrected chi connectivity index (χ0v) is 17.7. The van der Waals surface area contributed by atoms with Gasteiger partial charge >= 0.3 is 12.2 Å². The summed E-state index contributed by atoms with van der Waals surface area (Å²) in [6.45, 7) is 1.58. The van der Waals surface area contributed by atoms with Crippen molar-refractivity contribution in [2.75, 3.05) is 30.0 Å². The van der Waals surface area contributed by atoms with E-state index in [4.69, 9.17) is 4.74 Å². The minimum absolute atomic E-state index is 0.0982. The van der Waals surface area contributed by atoms with Crippen LogP contribution < -0.4 is 15.5 Å². The fraction of sp³-hybridized carbons (Fsp3) is 0.409. The van der Waals surface area contributed by atoms with Gasteiger partial charge in [-0.2, -0.15) is 13.2 Å². The number of amides is 3. The number of anilines is 2. The minimum atomic E-state index is -4.84. The lowest BCUT2D eigenvalue weighted by molar-refractivity contribution is -0.140. The number of halogens is 4. The molecule has 2 N–H and O–H groups in total. The largest absolute Gasteiger partial charge is 0.419 e. The van der Waals surface area contributed by atoms with Crippen LogP contribution in [0.3, 0.4) is 0 Å². The van der Waals surface area contributed by atoms with E-state index in [1.165, 1.54) is 0 Å². The number of carbonyl (C=O) groups excluding carboxylic acids is 2. The van der Waals surface area contributed by atoms with E-state index in [2.05, 4.69) is 15.6 Å². The molecule has 0 saturated heterocycles. The molecule has 1 unspecified atom stereocenters. The number of pyridine rings is 1. The highest BCUT2D eigenvalue weighted by Crippen LogP contribution is 2.42. The number of urea groups is 1. The summed E-state index contributed by atoms with van der Waals surface area (Å²) in [6.07, 6.45) is -1.09. The summed E-state index contributed by atoms with van der Waals surface area (Å²) in [5.74, 6) is -1.21. The minimum Gasteiger partial charge on any atom is -0.379 e. The van der Waals surface area contributed by atoms with Gasteiger partial charge in [-0.1, -0.05) is 6.07 Å². The molecule has 1 aliphatic heterocycles. The maximum atomic E-state index is 14.1. The third-order valence-electron chi connectivity index (χ3n) is 5.50. The van der Waals surface area contributed by atoms with E-state index in [1.807, 2.05) is 0 Å². The van der Waals surface area contributed by atoms with E-state index in [9.17, 15) is 27.2 Å². The molecular weight excluding hydrogens is 444 g/mol. The Morgan fingerprint density at radius 1 is 1.33 bits per heavy atom. The lowest BCUT2D eigenvalue weighted by atomic mass is 10.0. The van der Waals surface area contributed by atoms with E-state index in [1.54, 1.807) is 19.2 Å². The number of alkyl halides is 3. The summed E-state index contributed by atoms with van der Waals surface area (Å²) < 4.78 is 58.2. The van der Waals surface area contributed by atoms with Crippen LogP contribution in [0.5, 0.6) is 0 Å². The molecule has 0 bridgehead atoms. The van der Waals surface area contributed by atoms with E-state index < -0.39 is 35.5 Å². The SMILES string of the molecule is CCOCC(NC(=O)N1CC(=O)Nc2cc(C3CC3)cnc21)c1ccc(C(F)(F)F)c(F)c1. The first-order chi connectivity index (χ1) is 15.7. The first kappa shape index (κ1) is 23.0. The van der Waals surface area contributed by atoms with Crippen LogP contribution in [-0.4, -0.2) is 36.7 Å². The van der Waals surface area contributed by atoms with Gasteiger partial charge in [-0.3, -0.25) is 9.69 Å². The lowest BCUT2D eigenvalue weighted by Crippen LogP contribution is -2.49. The molecule has 3 amide bonds. The van der Waals surface area contributed by atoms with Gasteiger partial charge in [0.2, 0.25) is 5.91 Å². The van der Waals surface area contributed by atoms with Crippen LogP contribution in [0.15, 0.2) is 30.5 Å². The van der Waals surface area contributed by atoms with Crippen LogP contribution in [0.4, 0.5) is 33.9 Å². The molecule has 1 aliphatic carbocycles. The number of hydrogen-bond donors (Lipinski definition) is 2. The Kier molecular flexibility index (Phi) is 6.24. The van der Waals surface area contributed by atoms with E-state index in [0.29, 0.717) is 17.7 Å². The maximum Gasteiger partial charge on any atom is 0.419 e. The Morgan fingerprint density at radius 2 is 2.09 bits per heavy atom. The van der Waals surface area contributed by atoms with Gasteiger partial charge in [0.05, 0.1) is 23.9 Å². The number of carbonyl (C=O) groups is 2. The van der Waals surface area contributed by atoms with Gasteiger partial charge in [-0.05, 0) is 55.0 Å². The highest BCUT2D eigenvalue weighted by atomic mass is 19.4. The van der Waals surface area contributed by atoms with Gasteiger partial charge in [-0.15, -0.1) is 0 Å². The highest BCUT2D eigenvalue weighted by molar-refractivity contribution is 6.08. The normalized spacial score (nSPS) is 16.8. The average Bonchev–Trinajstić information content (AvgIpc) is 3.60. The van der Waals surface area contributed by atoms with Crippen LogP contribution in [-0.2, 0) is 15.7 Å². The number of benzene rings is 1. The molecular formula is C22H22F4N4O3. The van der Waals surface area contributed by atoms with Gasteiger partial charge in [-0.25, -0.2) is 14.2 Å². The first-order valence-corrected chi connectivity index (χ1v) is 10.5.